The molecule has 17 heavy (non-hydrogen) atoms. The first kappa shape index (κ1) is 11.5. The van der Waals surface area contributed by atoms with E-state index < -0.39 is 11.7 Å². The van der Waals surface area contributed by atoms with E-state index in [-0.39, 0.29) is 11.6 Å². The molecule has 0 fully saturated rings. The summed E-state index contributed by atoms with van der Waals surface area (Å²) in [5.41, 5.74) is -0.0760. The third-order valence-electron chi connectivity index (χ3n) is 2.23. The van der Waals surface area contributed by atoms with Gasteiger partial charge < -0.3 is 5.11 Å². The highest BCUT2D eigenvalue weighted by molar-refractivity contribution is 5.39. The maximum atomic E-state index is 12.5. The molecule has 6 heteroatoms. The fourth-order valence-electron chi connectivity index (χ4n) is 1.49. The summed E-state index contributed by atoms with van der Waals surface area (Å²) in [6, 6.07) is 6.00. The summed E-state index contributed by atoms with van der Waals surface area (Å²) in [6.45, 7) is 1.64. The molecule has 0 spiro atoms. The van der Waals surface area contributed by atoms with Crippen LogP contribution in [-0.2, 0) is 6.18 Å². The van der Waals surface area contributed by atoms with Crippen LogP contribution in [0, 0.1) is 6.92 Å². The first-order valence-electron chi connectivity index (χ1n) is 4.81. The fourth-order valence-corrected chi connectivity index (χ4v) is 1.49. The first-order chi connectivity index (χ1) is 7.88. The van der Waals surface area contributed by atoms with Crippen LogP contribution in [0.4, 0.5) is 13.2 Å². The predicted molar refractivity (Wildman–Crippen MR) is 55.0 cm³/mol. The van der Waals surface area contributed by atoms with Crippen LogP contribution in [0.5, 0.6) is 5.88 Å². The van der Waals surface area contributed by atoms with Gasteiger partial charge in [-0.15, -0.1) is 0 Å². The first-order valence-corrected chi connectivity index (χ1v) is 4.81. The van der Waals surface area contributed by atoms with Crippen molar-refractivity contribution in [2.75, 3.05) is 0 Å². The molecule has 0 bridgehead atoms. The van der Waals surface area contributed by atoms with Crippen LogP contribution < -0.4 is 0 Å². The number of hydrogen-bond donors (Lipinski definition) is 1. The predicted octanol–water partition coefficient (Wildman–Crippen LogP) is 2.91. The molecule has 1 aromatic heterocycles. The quantitative estimate of drug-likeness (QED) is 0.834. The molecule has 0 aliphatic rings. The molecule has 0 radical (unpaired) electrons. The van der Waals surface area contributed by atoms with Crippen molar-refractivity contribution in [3.8, 4) is 11.6 Å². The van der Waals surface area contributed by atoms with Crippen LogP contribution in [0.25, 0.3) is 5.69 Å². The van der Waals surface area contributed by atoms with Crippen molar-refractivity contribution >= 4 is 0 Å². The molecule has 0 unspecified atom stereocenters. The number of aryl methyl sites for hydroxylation is 1. The number of rotatable bonds is 1. The standard InChI is InChI=1S/C11H9F3N2O/c1-7-5-10(17)16(15-7)9-4-2-3-8(6-9)11(12,13)14/h2-6,17H,1H3. The van der Waals surface area contributed by atoms with Crippen LogP contribution >= 0.6 is 0 Å². The summed E-state index contributed by atoms with van der Waals surface area (Å²) < 4.78 is 38.6. The second-order valence-electron chi connectivity index (χ2n) is 3.60. The Kier molecular flexibility index (Phi) is 2.57. The molecule has 2 rings (SSSR count). The van der Waals surface area contributed by atoms with Crippen LogP contribution in [0.15, 0.2) is 30.3 Å². The Balaban J connectivity index is 2.50. The zero-order valence-corrected chi connectivity index (χ0v) is 8.86. The summed E-state index contributed by atoms with van der Waals surface area (Å²) in [5, 5.41) is 13.4. The van der Waals surface area contributed by atoms with Gasteiger partial charge in [0.05, 0.1) is 16.9 Å². The summed E-state index contributed by atoms with van der Waals surface area (Å²) in [6.07, 6.45) is -4.41. The Bertz CT molecular complexity index is 546. The minimum Gasteiger partial charge on any atom is -0.493 e. The molecular weight excluding hydrogens is 233 g/mol. The molecule has 0 saturated heterocycles. The SMILES string of the molecule is Cc1cc(O)n(-c2cccc(C(F)(F)F)c2)n1. The lowest BCUT2D eigenvalue weighted by molar-refractivity contribution is -0.137. The zero-order chi connectivity index (χ0) is 12.6. The number of aromatic hydroxyl groups is 1. The Labute approximate surface area is 95.1 Å². The Morgan fingerprint density at radius 3 is 2.47 bits per heavy atom. The second kappa shape index (κ2) is 3.80. The number of hydrogen-bond acceptors (Lipinski definition) is 2. The van der Waals surface area contributed by atoms with Crippen molar-refractivity contribution in [2.24, 2.45) is 0 Å². The maximum absolute atomic E-state index is 12.5. The van der Waals surface area contributed by atoms with E-state index in [1.165, 1.54) is 18.2 Å². The van der Waals surface area contributed by atoms with E-state index in [1.807, 2.05) is 0 Å². The van der Waals surface area contributed by atoms with Crippen LogP contribution in [-0.4, -0.2) is 14.9 Å². The van der Waals surface area contributed by atoms with Gasteiger partial charge >= 0.3 is 6.18 Å². The monoisotopic (exact) mass is 242 g/mol. The van der Waals surface area contributed by atoms with Gasteiger partial charge in [-0.25, -0.2) is 4.68 Å². The van der Waals surface area contributed by atoms with E-state index in [4.69, 9.17) is 0 Å². The zero-order valence-electron chi connectivity index (χ0n) is 8.86. The van der Waals surface area contributed by atoms with Gasteiger partial charge in [-0.1, -0.05) is 6.07 Å². The van der Waals surface area contributed by atoms with Gasteiger partial charge in [-0.3, -0.25) is 0 Å². The fraction of sp³-hybridized carbons (Fsp3) is 0.182. The van der Waals surface area contributed by atoms with Crippen molar-refractivity contribution < 1.29 is 18.3 Å². The molecule has 90 valence electrons. The van der Waals surface area contributed by atoms with Crippen LogP contribution in [0.3, 0.4) is 0 Å². The van der Waals surface area contributed by atoms with Gasteiger partial charge in [0.25, 0.3) is 0 Å². The lowest BCUT2D eigenvalue weighted by atomic mass is 10.2. The number of aromatic nitrogens is 2. The van der Waals surface area contributed by atoms with Gasteiger partial charge in [-0.05, 0) is 25.1 Å². The molecule has 1 aromatic carbocycles. The molecule has 1 N–H and O–H groups in total. The highest BCUT2D eigenvalue weighted by Crippen LogP contribution is 2.30. The molecule has 0 saturated carbocycles. The molecule has 3 nitrogen and oxygen atoms in total. The van der Waals surface area contributed by atoms with Crippen LogP contribution in [0.2, 0.25) is 0 Å². The van der Waals surface area contributed by atoms with Gasteiger partial charge in [-0.2, -0.15) is 18.3 Å². The molecule has 2 aromatic rings. The van der Waals surface area contributed by atoms with Crippen molar-refractivity contribution in [3.05, 3.63) is 41.6 Å². The molecule has 0 aliphatic heterocycles. The molecule has 0 atom stereocenters. The number of alkyl halides is 3. The average Bonchev–Trinajstić information content (AvgIpc) is 2.57. The largest absolute Gasteiger partial charge is 0.493 e. The minimum atomic E-state index is -4.41. The Morgan fingerprint density at radius 1 is 1.24 bits per heavy atom. The van der Waals surface area contributed by atoms with E-state index in [1.54, 1.807) is 6.92 Å². The van der Waals surface area contributed by atoms with E-state index in [0.29, 0.717) is 5.69 Å². The summed E-state index contributed by atoms with van der Waals surface area (Å²) >= 11 is 0. The minimum absolute atomic E-state index is 0.172. The van der Waals surface area contributed by atoms with E-state index in [2.05, 4.69) is 5.10 Å². The van der Waals surface area contributed by atoms with Crippen molar-refractivity contribution in [2.45, 2.75) is 13.1 Å². The lowest BCUT2D eigenvalue weighted by Crippen LogP contribution is -2.06. The molecule has 0 aliphatic carbocycles. The topological polar surface area (TPSA) is 38.0 Å². The molecular formula is C11H9F3N2O. The normalized spacial score (nSPS) is 11.8. The number of nitrogens with zero attached hydrogens (tertiary/aromatic N) is 2. The molecule has 1 heterocycles. The van der Waals surface area contributed by atoms with Crippen molar-refractivity contribution in [1.82, 2.24) is 9.78 Å². The summed E-state index contributed by atoms with van der Waals surface area (Å²) in [4.78, 5) is 0. The summed E-state index contributed by atoms with van der Waals surface area (Å²) in [5.74, 6) is -0.193. The Morgan fingerprint density at radius 2 is 1.94 bits per heavy atom. The van der Waals surface area contributed by atoms with Gasteiger partial charge in [0.2, 0.25) is 5.88 Å². The third kappa shape index (κ3) is 2.25. The van der Waals surface area contributed by atoms with Crippen molar-refractivity contribution in [1.29, 1.82) is 0 Å². The molecule has 0 amide bonds. The summed E-state index contributed by atoms with van der Waals surface area (Å²) in [7, 11) is 0. The van der Waals surface area contributed by atoms with Gasteiger partial charge in [0.15, 0.2) is 0 Å². The highest BCUT2D eigenvalue weighted by Gasteiger charge is 2.30. The van der Waals surface area contributed by atoms with Crippen LogP contribution in [0.1, 0.15) is 11.3 Å². The number of halogens is 3. The maximum Gasteiger partial charge on any atom is 0.416 e. The lowest BCUT2D eigenvalue weighted by Gasteiger charge is -2.09. The Hall–Kier alpha value is -1.98. The van der Waals surface area contributed by atoms with Gasteiger partial charge in [0.1, 0.15) is 0 Å². The van der Waals surface area contributed by atoms with E-state index in [0.717, 1.165) is 16.8 Å². The number of benzene rings is 1. The van der Waals surface area contributed by atoms with E-state index >= 15 is 0 Å². The van der Waals surface area contributed by atoms with E-state index in [9.17, 15) is 18.3 Å². The third-order valence-corrected chi connectivity index (χ3v) is 2.23. The van der Waals surface area contributed by atoms with Gasteiger partial charge in [0, 0.05) is 6.07 Å². The average molecular weight is 242 g/mol. The van der Waals surface area contributed by atoms with Crippen molar-refractivity contribution in [3.63, 3.8) is 0 Å². The smallest absolute Gasteiger partial charge is 0.416 e. The second-order valence-corrected chi connectivity index (χ2v) is 3.60. The highest BCUT2D eigenvalue weighted by atomic mass is 19.4.